The Morgan fingerprint density at radius 2 is 1.65 bits per heavy atom. The SMILES string of the molecule is CCCCCCCCCCOC(C)(C)[C@@H](F)[C@H](F)[C@H](C)Oc1ccc(C(=O)O)cc1F. The Balaban J connectivity index is 2.45. The zero-order valence-electron chi connectivity index (χ0n) is 19.1. The van der Waals surface area contributed by atoms with Crippen LogP contribution < -0.4 is 4.74 Å². The number of alkyl halides is 2. The second-order valence-electron chi connectivity index (χ2n) is 8.55. The summed E-state index contributed by atoms with van der Waals surface area (Å²) in [6, 6.07) is 3.02. The zero-order chi connectivity index (χ0) is 23.4. The minimum atomic E-state index is -2.05. The summed E-state index contributed by atoms with van der Waals surface area (Å²) in [7, 11) is 0. The number of hydrogen-bond donors (Lipinski definition) is 1. The Bertz CT molecular complexity index is 666. The highest BCUT2D eigenvalue weighted by Crippen LogP contribution is 2.28. The Morgan fingerprint density at radius 3 is 2.19 bits per heavy atom. The van der Waals surface area contributed by atoms with Crippen LogP contribution in [0.3, 0.4) is 0 Å². The molecule has 31 heavy (non-hydrogen) atoms. The maximum Gasteiger partial charge on any atom is 0.335 e. The molecule has 1 aromatic rings. The summed E-state index contributed by atoms with van der Waals surface area (Å²) >= 11 is 0. The van der Waals surface area contributed by atoms with Crippen molar-refractivity contribution in [3.63, 3.8) is 0 Å². The summed E-state index contributed by atoms with van der Waals surface area (Å²) in [5.74, 6) is -2.56. The van der Waals surface area contributed by atoms with Crippen LogP contribution in [0.5, 0.6) is 5.75 Å². The maximum atomic E-state index is 14.8. The van der Waals surface area contributed by atoms with Gasteiger partial charge >= 0.3 is 5.97 Å². The molecule has 0 spiro atoms. The molecule has 178 valence electrons. The van der Waals surface area contributed by atoms with Gasteiger partial charge in [-0.15, -0.1) is 0 Å². The molecule has 0 fully saturated rings. The van der Waals surface area contributed by atoms with Crippen molar-refractivity contribution in [2.45, 2.75) is 103 Å². The van der Waals surface area contributed by atoms with Gasteiger partial charge in [0.05, 0.1) is 11.2 Å². The molecular weight excluding hydrogens is 409 g/mol. The molecule has 0 aliphatic heterocycles. The Kier molecular flexibility index (Phi) is 12.0. The van der Waals surface area contributed by atoms with Crippen molar-refractivity contribution >= 4 is 5.97 Å². The fourth-order valence-electron chi connectivity index (χ4n) is 3.27. The monoisotopic (exact) mass is 446 g/mol. The lowest BCUT2D eigenvalue weighted by atomic mass is 9.96. The van der Waals surface area contributed by atoms with Gasteiger partial charge in [-0.2, -0.15) is 0 Å². The Labute approximate surface area is 184 Å². The van der Waals surface area contributed by atoms with Crippen molar-refractivity contribution in [1.82, 2.24) is 0 Å². The minimum Gasteiger partial charge on any atom is -0.484 e. The van der Waals surface area contributed by atoms with E-state index in [2.05, 4.69) is 6.92 Å². The third kappa shape index (κ3) is 9.50. The average Bonchev–Trinajstić information content (AvgIpc) is 2.72. The van der Waals surface area contributed by atoms with E-state index in [0.29, 0.717) is 6.61 Å². The molecule has 0 radical (unpaired) electrons. The van der Waals surface area contributed by atoms with Gasteiger partial charge in [-0.05, 0) is 45.4 Å². The highest BCUT2D eigenvalue weighted by molar-refractivity contribution is 5.87. The minimum absolute atomic E-state index is 0.256. The van der Waals surface area contributed by atoms with Crippen LogP contribution in [0.15, 0.2) is 18.2 Å². The van der Waals surface area contributed by atoms with Crippen LogP contribution in [0.25, 0.3) is 0 Å². The van der Waals surface area contributed by atoms with Crippen LogP contribution >= 0.6 is 0 Å². The number of aromatic carboxylic acids is 1. The average molecular weight is 447 g/mol. The van der Waals surface area contributed by atoms with Crippen molar-refractivity contribution in [3.05, 3.63) is 29.6 Å². The van der Waals surface area contributed by atoms with Gasteiger partial charge < -0.3 is 14.6 Å². The number of benzene rings is 1. The van der Waals surface area contributed by atoms with E-state index in [9.17, 15) is 18.0 Å². The topological polar surface area (TPSA) is 55.8 Å². The molecule has 4 nitrogen and oxygen atoms in total. The van der Waals surface area contributed by atoms with E-state index < -0.39 is 35.8 Å². The first-order chi connectivity index (χ1) is 14.6. The van der Waals surface area contributed by atoms with Crippen molar-refractivity contribution in [1.29, 1.82) is 0 Å². The van der Waals surface area contributed by atoms with Crippen LogP contribution in [0.1, 0.15) is 89.4 Å². The lowest BCUT2D eigenvalue weighted by molar-refractivity contribution is -0.108. The number of carboxylic acids is 1. The highest BCUT2D eigenvalue weighted by Gasteiger charge is 2.41. The summed E-state index contributed by atoms with van der Waals surface area (Å²) < 4.78 is 54.3. The third-order valence-electron chi connectivity index (χ3n) is 5.36. The van der Waals surface area contributed by atoms with Crippen LogP contribution in [0.4, 0.5) is 13.2 Å². The van der Waals surface area contributed by atoms with Crippen LogP contribution in [0.2, 0.25) is 0 Å². The van der Waals surface area contributed by atoms with Gasteiger partial charge in [0, 0.05) is 6.61 Å². The number of halogens is 3. The van der Waals surface area contributed by atoms with Gasteiger partial charge in [0.1, 0.15) is 6.10 Å². The van der Waals surface area contributed by atoms with Gasteiger partial charge in [-0.25, -0.2) is 18.0 Å². The lowest BCUT2D eigenvalue weighted by Crippen LogP contribution is -2.47. The second-order valence-corrected chi connectivity index (χ2v) is 8.55. The number of unbranched alkanes of at least 4 members (excludes halogenated alkanes) is 7. The quantitative estimate of drug-likeness (QED) is 0.281. The van der Waals surface area contributed by atoms with Crippen molar-refractivity contribution in [2.75, 3.05) is 6.61 Å². The molecule has 0 bridgehead atoms. The second kappa shape index (κ2) is 13.6. The molecule has 0 aliphatic carbocycles. The zero-order valence-corrected chi connectivity index (χ0v) is 19.1. The van der Waals surface area contributed by atoms with Crippen molar-refractivity contribution in [2.24, 2.45) is 0 Å². The van der Waals surface area contributed by atoms with E-state index in [1.807, 2.05) is 0 Å². The summed E-state index contributed by atoms with van der Waals surface area (Å²) in [5.41, 5.74) is -1.61. The highest BCUT2D eigenvalue weighted by atomic mass is 19.2. The van der Waals surface area contributed by atoms with E-state index in [4.69, 9.17) is 14.6 Å². The molecule has 1 rings (SSSR count). The number of ether oxygens (including phenoxy) is 2. The molecule has 0 amide bonds. The largest absolute Gasteiger partial charge is 0.484 e. The normalized spacial score (nSPS) is 14.8. The van der Waals surface area contributed by atoms with E-state index in [1.165, 1.54) is 52.9 Å². The van der Waals surface area contributed by atoms with Crippen LogP contribution in [-0.2, 0) is 4.74 Å². The standard InChI is InChI=1S/C24H37F3O4/c1-5-6-7-8-9-10-11-12-15-30-24(3,4)22(27)21(26)17(2)31-20-14-13-18(23(28)29)16-19(20)25/h13-14,16-17,21-22H,5-12,15H2,1-4H3,(H,28,29)/t17-,21+,22-/m0/s1. The summed E-state index contributed by atoms with van der Waals surface area (Å²) in [4.78, 5) is 10.9. The first-order valence-electron chi connectivity index (χ1n) is 11.2. The Morgan fingerprint density at radius 1 is 1.06 bits per heavy atom. The molecule has 0 aliphatic rings. The molecule has 0 aromatic heterocycles. The fraction of sp³-hybridized carbons (Fsp3) is 0.708. The third-order valence-corrected chi connectivity index (χ3v) is 5.36. The summed E-state index contributed by atoms with van der Waals surface area (Å²) in [6.45, 7) is 6.81. The molecule has 0 saturated carbocycles. The van der Waals surface area contributed by atoms with Gasteiger partial charge in [-0.3, -0.25) is 0 Å². The van der Waals surface area contributed by atoms with E-state index in [-0.39, 0.29) is 11.3 Å². The Hall–Kier alpha value is -1.76. The lowest BCUT2D eigenvalue weighted by Gasteiger charge is -2.33. The van der Waals surface area contributed by atoms with E-state index in [1.54, 1.807) is 0 Å². The molecule has 3 atom stereocenters. The fourth-order valence-corrected chi connectivity index (χ4v) is 3.27. The molecule has 0 heterocycles. The van der Waals surface area contributed by atoms with Gasteiger partial charge in [0.2, 0.25) is 0 Å². The molecule has 0 unspecified atom stereocenters. The van der Waals surface area contributed by atoms with Crippen LogP contribution in [0, 0.1) is 5.82 Å². The van der Waals surface area contributed by atoms with Crippen LogP contribution in [-0.4, -0.2) is 41.7 Å². The molecule has 7 heteroatoms. The van der Waals surface area contributed by atoms with Gasteiger partial charge in [0.25, 0.3) is 0 Å². The number of rotatable bonds is 16. The van der Waals surface area contributed by atoms with E-state index in [0.717, 1.165) is 37.5 Å². The predicted molar refractivity (Wildman–Crippen MR) is 116 cm³/mol. The summed E-state index contributed by atoms with van der Waals surface area (Å²) in [5, 5.41) is 8.86. The number of carboxylic acid groups (broad SMARTS) is 1. The number of hydrogen-bond acceptors (Lipinski definition) is 3. The predicted octanol–water partition coefficient (Wildman–Crippen LogP) is 6.90. The molecular formula is C24H37F3O4. The van der Waals surface area contributed by atoms with Crippen molar-refractivity contribution in [3.8, 4) is 5.75 Å². The van der Waals surface area contributed by atoms with Gasteiger partial charge in [0.15, 0.2) is 23.9 Å². The first-order valence-corrected chi connectivity index (χ1v) is 11.2. The van der Waals surface area contributed by atoms with Gasteiger partial charge in [-0.1, -0.05) is 51.9 Å². The smallest absolute Gasteiger partial charge is 0.335 e. The molecule has 0 saturated heterocycles. The summed E-state index contributed by atoms with van der Waals surface area (Å²) in [6.07, 6.45) is 3.73. The first kappa shape index (κ1) is 27.3. The van der Waals surface area contributed by atoms with Crippen molar-refractivity contribution < 1.29 is 32.5 Å². The number of carbonyl (C=O) groups is 1. The van der Waals surface area contributed by atoms with E-state index >= 15 is 0 Å². The molecule has 1 N–H and O–H groups in total. The maximum absolute atomic E-state index is 14.8. The molecule has 1 aromatic carbocycles.